The minimum atomic E-state index is -5.17. The lowest BCUT2D eigenvalue weighted by Gasteiger charge is -2.23. The third-order valence-corrected chi connectivity index (χ3v) is 14.1. The van der Waals surface area contributed by atoms with E-state index in [9.17, 15) is 5.26 Å². The first-order chi connectivity index (χ1) is 34.4. The van der Waals surface area contributed by atoms with E-state index < -0.39 is 29.0 Å². The van der Waals surface area contributed by atoms with Gasteiger partial charge in [-0.1, -0.05) is 96.1 Å². The van der Waals surface area contributed by atoms with E-state index in [0.717, 1.165) is 105 Å². The SMILES string of the molecule is Cc1cc(C)c(-c2ccc3c(c2)c2ccccc2n3-c2ccc(-c3c(C(F)(F)F)cccc3C(F)(F)F)c(-c3cc(C#N)ccc3-n3c4ccccc4c4cc(-c5c(C)cc(C)cc5C)ccc43)c2)c(C)c1. The minimum Gasteiger partial charge on any atom is -0.309 e. The van der Waals surface area contributed by atoms with Crippen molar-refractivity contribution in [3.05, 3.63) is 214 Å². The van der Waals surface area contributed by atoms with Crippen LogP contribution >= 0.6 is 0 Å². The molecule has 0 atom stereocenters. The molecule has 0 fully saturated rings. The number of hydrogen-bond acceptors (Lipinski definition) is 1. The first kappa shape index (κ1) is 46.1. The highest BCUT2D eigenvalue weighted by molar-refractivity contribution is 6.12. The number of benzene rings is 9. The van der Waals surface area contributed by atoms with Crippen LogP contribution in [0.4, 0.5) is 26.3 Å². The van der Waals surface area contributed by atoms with E-state index in [4.69, 9.17) is 0 Å². The molecule has 0 spiro atoms. The Morgan fingerprint density at radius 2 is 0.861 bits per heavy atom. The van der Waals surface area contributed by atoms with Gasteiger partial charge < -0.3 is 9.13 Å². The highest BCUT2D eigenvalue weighted by Crippen LogP contribution is 2.50. The molecule has 0 bridgehead atoms. The molecule has 0 aliphatic rings. The van der Waals surface area contributed by atoms with Gasteiger partial charge in [0, 0.05) is 38.4 Å². The highest BCUT2D eigenvalue weighted by atomic mass is 19.4. The Morgan fingerprint density at radius 1 is 0.389 bits per heavy atom. The molecule has 11 aromatic rings. The van der Waals surface area contributed by atoms with Crippen molar-refractivity contribution in [3.63, 3.8) is 0 Å². The Kier molecular flexibility index (Phi) is 10.8. The van der Waals surface area contributed by atoms with Crippen molar-refractivity contribution in [3.8, 4) is 62.0 Å². The van der Waals surface area contributed by atoms with Gasteiger partial charge in [-0.15, -0.1) is 0 Å². The lowest BCUT2D eigenvalue weighted by molar-refractivity contribution is -0.142. The highest BCUT2D eigenvalue weighted by Gasteiger charge is 2.42. The van der Waals surface area contributed by atoms with Crippen LogP contribution in [0.15, 0.2) is 164 Å². The smallest absolute Gasteiger partial charge is 0.309 e. The number of para-hydroxylation sites is 2. The van der Waals surface area contributed by atoms with Crippen LogP contribution in [0, 0.1) is 52.9 Å². The fourth-order valence-electron chi connectivity index (χ4n) is 11.5. The summed E-state index contributed by atoms with van der Waals surface area (Å²) in [6.07, 6.45) is -10.3. The topological polar surface area (TPSA) is 33.6 Å². The summed E-state index contributed by atoms with van der Waals surface area (Å²) < 4.78 is 95.7. The molecule has 0 aliphatic heterocycles. The van der Waals surface area contributed by atoms with Crippen LogP contribution in [0.3, 0.4) is 0 Å². The number of aryl methyl sites for hydroxylation is 6. The van der Waals surface area contributed by atoms with Gasteiger partial charge in [0.05, 0.1) is 50.5 Å². The molecule has 354 valence electrons. The summed E-state index contributed by atoms with van der Waals surface area (Å²) in [6, 6.07) is 50.6. The number of alkyl halides is 6. The van der Waals surface area contributed by atoms with E-state index in [-0.39, 0.29) is 22.3 Å². The molecule has 0 amide bonds. The van der Waals surface area contributed by atoms with Crippen molar-refractivity contribution in [2.24, 2.45) is 0 Å². The molecule has 2 aromatic heterocycles. The molecule has 11 rings (SSSR count). The van der Waals surface area contributed by atoms with Crippen molar-refractivity contribution in [1.82, 2.24) is 9.13 Å². The second kappa shape index (κ2) is 16.9. The van der Waals surface area contributed by atoms with E-state index in [0.29, 0.717) is 23.5 Å². The van der Waals surface area contributed by atoms with Gasteiger partial charge in [0.1, 0.15) is 0 Å². The van der Waals surface area contributed by atoms with E-state index in [1.807, 2.05) is 75.9 Å². The van der Waals surface area contributed by atoms with E-state index >= 15 is 26.3 Å². The van der Waals surface area contributed by atoms with Gasteiger partial charge in [-0.3, -0.25) is 0 Å². The van der Waals surface area contributed by atoms with Gasteiger partial charge in [-0.2, -0.15) is 31.6 Å². The van der Waals surface area contributed by atoms with Crippen LogP contribution in [-0.4, -0.2) is 9.13 Å². The number of aromatic nitrogens is 2. The second-order valence-electron chi connectivity index (χ2n) is 19.0. The predicted molar refractivity (Wildman–Crippen MR) is 280 cm³/mol. The molecule has 9 heteroatoms. The molecule has 0 saturated heterocycles. The van der Waals surface area contributed by atoms with Crippen LogP contribution in [0.2, 0.25) is 0 Å². The van der Waals surface area contributed by atoms with Crippen LogP contribution in [0.25, 0.3) is 99.5 Å². The molecule has 0 N–H and O–H groups in total. The molecule has 0 saturated carbocycles. The first-order valence-electron chi connectivity index (χ1n) is 23.6. The zero-order valence-electron chi connectivity index (χ0n) is 40.2. The maximum Gasteiger partial charge on any atom is 0.417 e. The van der Waals surface area contributed by atoms with Crippen LogP contribution < -0.4 is 0 Å². The summed E-state index contributed by atoms with van der Waals surface area (Å²) in [5.41, 5.74) is 11.4. The summed E-state index contributed by atoms with van der Waals surface area (Å²) in [5.74, 6) is 0. The zero-order valence-corrected chi connectivity index (χ0v) is 40.2. The standard InChI is InChI=1S/C63H45F6N3/c1-35-26-37(3)59(38(4)27-35)42-19-24-56-50(31-42)45-12-7-9-16-54(45)71(56)44-21-22-47(61-52(62(64,65)66)14-11-15-53(61)63(67,68)69)48(33-44)49-30-41(34-70)18-23-57(49)72-55-17-10-8-13-46(55)51-32-43(20-25-58(51)72)60-39(5)28-36(2)29-40(60)6/h7-33H,1-6H3. The molecule has 3 nitrogen and oxygen atoms in total. The fraction of sp³-hybridized carbons (Fsp3) is 0.127. The molecule has 0 radical (unpaired) electrons. The molecule has 9 aromatic carbocycles. The molecule has 0 unspecified atom stereocenters. The normalized spacial score (nSPS) is 12.2. The van der Waals surface area contributed by atoms with Gasteiger partial charge in [0.15, 0.2) is 0 Å². The van der Waals surface area contributed by atoms with Crippen molar-refractivity contribution < 1.29 is 26.3 Å². The lowest BCUT2D eigenvalue weighted by Crippen LogP contribution is -2.14. The Labute approximate surface area is 412 Å². The molecule has 72 heavy (non-hydrogen) atoms. The quantitative estimate of drug-likeness (QED) is 0.153. The van der Waals surface area contributed by atoms with E-state index in [1.54, 1.807) is 30.3 Å². The summed E-state index contributed by atoms with van der Waals surface area (Å²) in [5, 5.41) is 14.1. The third kappa shape index (κ3) is 7.52. The predicted octanol–water partition coefficient (Wildman–Crippen LogP) is 18.3. The van der Waals surface area contributed by atoms with Crippen LogP contribution in [-0.2, 0) is 12.4 Å². The van der Waals surface area contributed by atoms with Crippen LogP contribution in [0.5, 0.6) is 0 Å². The van der Waals surface area contributed by atoms with E-state index in [2.05, 4.69) is 90.1 Å². The Bertz CT molecular complexity index is 4020. The molecular weight excluding hydrogens is 913 g/mol. The number of rotatable bonds is 6. The Hall–Kier alpha value is -8.35. The number of nitriles is 1. The van der Waals surface area contributed by atoms with Gasteiger partial charge in [-0.25, -0.2) is 0 Å². The van der Waals surface area contributed by atoms with Gasteiger partial charge in [0.2, 0.25) is 0 Å². The average molecular weight is 958 g/mol. The maximum atomic E-state index is 15.3. The summed E-state index contributed by atoms with van der Waals surface area (Å²) in [7, 11) is 0. The van der Waals surface area contributed by atoms with Crippen molar-refractivity contribution >= 4 is 43.6 Å². The molecular formula is C63H45F6N3. The van der Waals surface area contributed by atoms with Crippen molar-refractivity contribution in [1.29, 1.82) is 5.26 Å². The van der Waals surface area contributed by atoms with Gasteiger partial charge in [0.25, 0.3) is 0 Å². The van der Waals surface area contributed by atoms with Gasteiger partial charge >= 0.3 is 12.4 Å². The maximum absolute atomic E-state index is 15.3. The Balaban J connectivity index is 1.24. The number of nitrogens with zero attached hydrogens (tertiary/aromatic N) is 3. The monoisotopic (exact) mass is 957 g/mol. The second-order valence-corrected chi connectivity index (χ2v) is 19.0. The minimum absolute atomic E-state index is 0.0729. The summed E-state index contributed by atoms with van der Waals surface area (Å²) in [6.45, 7) is 12.5. The summed E-state index contributed by atoms with van der Waals surface area (Å²) in [4.78, 5) is 0. The van der Waals surface area contributed by atoms with Gasteiger partial charge in [-0.05, 0) is 176 Å². The van der Waals surface area contributed by atoms with Crippen molar-refractivity contribution in [2.75, 3.05) is 0 Å². The lowest BCUT2D eigenvalue weighted by atomic mass is 9.86. The number of halogens is 6. The first-order valence-corrected chi connectivity index (χ1v) is 23.6. The largest absolute Gasteiger partial charge is 0.417 e. The average Bonchev–Trinajstić information content (AvgIpc) is 3.84. The molecule has 0 aliphatic carbocycles. The molecule has 2 heterocycles. The van der Waals surface area contributed by atoms with Crippen molar-refractivity contribution in [2.45, 2.75) is 53.9 Å². The third-order valence-electron chi connectivity index (χ3n) is 14.1. The summed E-state index contributed by atoms with van der Waals surface area (Å²) >= 11 is 0. The fourth-order valence-corrected chi connectivity index (χ4v) is 11.5. The van der Waals surface area contributed by atoms with E-state index in [1.165, 1.54) is 6.07 Å². The zero-order chi connectivity index (χ0) is 50.5. The number of hydrogen-bond donors (Lipinski definition) is 0. The number of fused-ring (bicyclic) bond motifs is 6. The Morgan fingerprint density at radius 3 is 1.36 bits per heavy atom. The van der Waals surface area contributed by atoms with Crippen LogP contribution in [0.1, 0.15) is 50.1 Å².